The molecule has 134 valence electrons. The number of methoxy groups -OCH3 is 1. The molecule has 1 aromatic carbocycles. The first-order valence-corrected chi connectivity index (χ1v) is 7.62. The van der Waals surface area contributed by atoms with Gasteiger partial charge in [0.05, 0.1) is 7.11 Å². The van der Waals surface area contributed by atoms with Crippen LogP contribution in [0.5, 0.6) is 5.75 Å². The van der Waals surface area contributed by atoms with Gasteiger partial charge in [-0.1, -0.05) is 12.1 Å². The summed E-state index contributed by atoms with van der Waals surface area (Å²) in [5.74, 6) is 0.743. The lowest BCUT2D eigenvalue weighted by Crippen LogP contribution is -2.55. The van der Waals surface area contributed by atoms with Crippen LogP contribution in [0.15, 0.2) is 18.2 Å². The molecule has 2 rings (SSSR count). The average Bonchev–Trinajstić information content (AvgIpc) is 2.52. The third-order valence-electron chi connectivity index (χ3n) is 4.31. The monoisotopic (exact) mass is 346 g/mol. The lowest BCUT2D eigenvalue weighted by atomic mass is 9.91. The number of piperidine rings is 1. The van der Waals surface area contributed by atoms with E-state index in [-0.39, 0.29) is 19.6 Å². The number of rotatable bonds is 3. The van der Waals surface area contributed by atoms with Crippen LogP contribution in [0, 0.1) is 6.92 Å². The molecule has 0 aliphatic carbocycles. The molecular weight excluding hydrogens is 325 g/mol. The van der Waals surface area contributed by atoms with Gasteiger partial charge in [0.1, 0.15) is 5.75 Å². The van der Waals surface area contributed by atoms with E-state index in [1.807, 2.05) is 19.1 Å². The predicted molar refractivity (Wildman–Crippen MR) is 81.8 cm³/mol. The molecule has 1 heterocycles. The molecule has 0 bridgehead atoms. The average molecular weight is 346 g/mol. The van der Waals surface area contributed by atoms with Gasteiger partial charge in [0.25, 0.3) is 0 Å². The Morgan fingerprint density at radius 1 is 1.38 bits per heavy atom. The number of aryl methyl sites for hydroxylation is 1. The van der Waals surface area contributed by atoms with Gasteiger partial charge >= 0.3 is 12.2 Å². The van der Waals surface area contributed by atoms with Crippen molar-refractivity contribution in [3.63, 3.8) is 0 Å². The molecule has 1 fully saturated rings. The van der Waals surface area contributed by atoms with Crippen molar-refractivity contribution >= 4 is 6.03 Å². The molecule has 0 saturated carbocycles. The summed E-state index contributed by atoms with van der Waals surface area (Å²) in [5, 5.41) is 12.3. The van der Waals surface area contributed by atoms with Crippen molar-refractivity contribution in [2.75, 3.05) is 20.2 Å². The van der Waals surface area contributed by atoms with E-state index in [4.69, 9.17) is 4.74 Å². The Balaban J connectivity index is 1.87. The van der Waals surface area contributed by atoms with Gasteiger partial charge in [-0.3, -0.25) is 0 Å². The van der Waals surface area contributed by atoms with Crippen molar-refractivity contribution in [1.29, 1.82) is 0 Å². The first-order valence-electron chi connectivity index (χ1n) is 7.62. The second-order valence-electron chi connectivity index (χ2n) is 5.98. The van der Waals surface area contributed by atoms with Crippen molar-refractivity contribution in [3.8, 4) is 5.75 Å². The first kappa shape index (κ1) is 18.4. The first-order chi connectivity index (χ1) is 11.2. The molecule has 5 nitrogen and oxygen atoms in total. The number of hydrogen-bond donors (Lipinski definition) is 2. The highest BCUT2D eigenvalue weighted by Crippen LogP contribution is 2.38. The van der Waals surface area contributed by atoms with Gasteiger partial charge in [-0.2, -0.15) is 13.2 Å². The van der Waals surface area contributed by atoms with Crippen molar-refractivity contribution in [3.05, 3.63) is 29.3 Å². The van der Waals surface area contributed by atoms with E-state index in [1.54, 1.807) is 13.2 Å². The van der Waals surface area contributed by atoms with Crippen molar-refractivity contribution in [1.82, 2.24) is 10.2 Å². The molecule has 1 saturated heterocycles. The molecule has 1 aromatic rings. The Bertz CT molecular complexity index is 597. The third kappa shape index (κ3) is 3.92. The van der Waals surface area contributed by atoms with E-state index in [0.29, 0.717) is 0 Å². The second kappa shape index (κ2) is 6.88. The number of amides is 2. The minimum Gasteiger partial charge on any atom is -0.496 e. The molecule has 1 aliphatic heterocycles. The number of aliphatic hydroxyl groups is 1. The zero-order valence-electron chi connectivity index (χ0n) is 13.6. The van der Waals surface area contributed by atoms with Crippen LogP contribution in [0.4, 0.5) is 18.0 Å². The van der Waals surface area contributed by atoms with Gasteiger partial charge in [0.2, 0.25) is 0 Å². The van der Waals surface area contributed by atoms with Crippen LogP contribution in [0.2, 0.25) is 0 Å². The number of nitrogens with one attached hydrogen (secondary N) is 1. The van der Waals surface area contributed by atoms with Gasteiger partial charge < -0.3 is 20.1 Å². The normalized spacial score (nSPS) is 17.5. The molecule has 0 radical (unpaired) electrons. The van der Waals surface area contributed by atoms with Gasteiger partial charge in [-0.15, -0.1) is 0 Å². The largest absolute Gasteiger partial charge is 0.496 e. The fourth-order valence-electron chi connectivity index (χ4n) is 2.70. The number of nitrogens with zero attached hydrogens (tertiary/aromatic N) is 1. The molecule has 0 aromatic heterocycles. The SMILES string of the molecule is COc1ccc(CNC(=O)N2CCC(O)(C(F)(F)F)CC2)cc1C. The lowest BCUT2D eigenvalue weighted by Gasteiger charge is -2.39. The molecule has 24 heavy (non-hydrogen) atoms. The zero-order valence-corrected chi connectivity index (χ0v) is 13.6. The number of urea groups is 1. The minimum atomic E-state index is -4.67. The summed E-state index contributed by atoms with van der Waals surface area (Å²) in [7, 11) is 1.57. The van der Waals surface area contributed by atoms with Crippen LogP contribution < -0.4 is 10.1 Å². The molecule has 0 unspecified atom stereocenters. The van der Waals surface area contributed by atoms with Crippen LogP contribution in [0.3, 0.4) is 0 Å². The summed E-state index contributed by atoms with van der Waals surface area (Å²) in [6, 6.07) is 5.04. The summed E-state index contributed by atoms with van der Waals surface area (Å²) in [5.41, 5.74) is -0.903. The number of hydrogen-bond acceptors (Lipinski definition) is 3. The zero-order chi connectivity index (χ0) is 18.0. The van der Waals surface area contributed by atoms with E-state index in [0.717, 1.165) is 16.9 Å². The maximum absolute atomic E-state index is 12.7. The van der Waals surface area contributed by atoms with E-state index in [1.165, 1.54) is 4.90 Å². The fraction of sp³-hybridized carbons (Fsp3) is 0.562. The number of likely N-dealkylation sites (tertiary alicyclic amines) is 1. The number of benzene rings is 1. The maximum Gasteiger partial charge on any atom is 0.417 e. The number of ether oxygens (including phenoxy) is 1. The molecular formula is C16H21F3N2O3. The molecule has 0 atom stereocenters. The van der Waals surface area contributed by atoms with Crippen LogP contribution in [0.25, 0.3) is 0 Å². The number of alkyl halides is 3. The van der Waals surface area contributed by atoms with E-state index in [9.17, 15) is 23.1 Å². The van der Waals surface area contributed by atoms with Crippen LogP contribution in [-0.4, -0.2) is 48.0 Å². The van der Waals surface area contributed by atoms with Gasteiger partial charge in [0, 0.05) is 32.5 Å². The van der Waals surface area contributed by atoms with Crippen molar-refractivity contribution in [2.24, 2.45) is 0 Å². The third-order valence-corrected chi connectivity index (χ3v) is 4.31. The van der Waals surface area contributed by atoms with Crippen molar-refractivity contribution < 1.29 is 27.8 Å². The molecule has 2 N–H and O–H groups in total. The topological polar surface area (TPSA) is 61.8 Å². The summed E-state index contributed by atoms with van der Waals surface area (Å²) >= 11 is 0. The Hall–Kier alpha value is -1.96. The molecule has 2 amide bonds. The Morgan fingerprint density at radius 3 is 2.50 bits per heavy atom. The van der Waals surface area contributed by atoms with Gasteiger partial charge in [0.15, 0.2) is 5.60 Å². The highest BCUT2D eigenvalue weighted by Gasteiger charge is 2.54. The maximum atomic E-state index is 12.7. The van der Waals surface area contributed by atoms with E-state index in [2.05, 4.69) is 5.32 Å². The Morgan fingerprint density at radius 2 is 2.00 bits per heavy atom. The van der Waals surface area contributed by atoms with Crippen LogP contribution in [0.1, 0.15) is 24.0 Å². The summed E-state index contributed by atoms with van der Waals surface area (Å²) in [4.78, 5) is 13.4. The number of carbonyl (C=O) groups excluding carboxylic acids is 1. The standard InChI is InChI=1S/C16H21F3N2O3/c1-11-9-12(3-4-13(11)24-2)10-20-14(22)21-7-5-15(23,6-8-21)16(17,18)19/h3-4,9,23H,5-8,10H2,1-2H3,(H,20,22). The molecule has 8 heteroatoms. The van der Waals surface area contributed by atoms with E-state index < -0.39 is 30.7 Å². The number of carbonyl (C=O) groups is 1. The summed E-state index contributed by atoms with van der Waals surface area (Å²) < 4.78 is 43.4. The second-order valence-corrected chi connectivity index (χ2v) is 5.98. The lowest BCUT2D eigenvalue weighted by molar-refractivity contribution is -0.271. The smallest absolute Gasteiger partial charge is 0.417 e. The highest BCUT2D eigenvalue weighted by molar-refractivity contribution is 5.74. The Kier molecular flexibility index (Phi) is 5.27. The molecule has 0 spiro atoms. The fourth-order valence-corrected chi connectivity index (χ4v) is 2.70. The summed E-state index contributed by atoms with van der Waals surface area (Å²) in [6.07, 6.45) is -5.69. The summed E-state index contributed by atoms with van der Waals surface area (Å²) in [6.45, 7) is 1.88. The molecule has 1 aliphatic rings. The van der Waals surface area contributed by atoms with Crippen LogP contribution >= 0.6 is 0 Å². The van der Waals surface area contributed by atoms with Crippen molar-refractivity contribution in [2.45, 2.75) is 38.1 Å². The van der Waals surface area contributed by atoms with E-state index >= 15 is 0 Å². The predicted octanol–water partition coefficient (Wildman–Crippen LogP) is 2.60. The highest BCUT2D eigenvalue weighted by atomic mass is 19.4. The minimum absolute atomic E-state index is 0.135. The van der Waals surface area contributed by atoms with Gasteiger partial charge in [-0.25, -0.2) is 4.79 Å². The van der Waals surface area contributed by atoms with Gasteiger partial charge in [-0.05, 0) is 24.1 Å². The number of halogens is 3. The quantitative estimate of drug-likeness (QED) is 0.884. The van der Waals surface area contributed by atoms with Crippen LogP contribution in [-0.2, 0) is 6.54 Å². The Labute approximate surface area is 138 Å².